The summed E-state index contributed by atoms with van der Waals surface area (Å²) in [5.74, 6) is -0.971. The average Bonchev–Trinajstić information content (AvgIpc) is 2.69. The molecular formula is C22H26FN3O2. The van der Waals surface area contributed by atoms with Crippen LogP contribution in [0.5, 0.6) is 0 Å². The van der Waals surface area contributed by atoms with E-state index in [1.54, 1.807) is 18.7 Å². The second-order valence-corrected chi connectivity index (χ2v) is 7.70. The molecule has 1 aliphatic heterocycles. The van der Waals surface area contributed by atoms with Crippen molar-refractivity contribution in [1.82, 2.24) is 4.90 Å². The summed E-state index contributed by atoms with van der Waals surface area (Å²) < 4.78 is 13.0. The van der Waals surface area contributed by atoms with Gasteiger partial charge in [-0.05, 0) is 62.7 Å². The lowest BCUT2D eigenvalue weighted by molar-refractivity contribution is -0.146. The molecule has 5 nitrogen and oxygen atoms in total. The summed E-state index contributed by atoms with van der Waals surface area (Å²) in [5, 5.41) is 2.71. The first-order valence-corrected chi connectivity index (χ1v) is 9.45. The Kier molecular flexibility index (Phi) is 5.68. The number of halogens is 1. The Hall–Kier alpha value is -2.89. The van der Waals surface area contributed by atoms with Gasteiger partial charge in [0.2, 0.25) is 11.8 Å². The van der Waals surface area contributed by atoms with Crippen molar-refractivity contribution in [3.05, 3.63) is 59.9 Å². The van der Waals surface area contributed by atoms with Crippen LogP contribution in [0.3, 0.4) is 0 Å². The van der Waals surface area contributed by atoms with Gasteiger partial charge >= 0.3 is 0 Å². The van der Waals surface area contributed by atoms with E-state index in [9.17, 15) is 14.0 Å². The van der Waals surface area contributed by atoms with Gasteiger partial charge in [0, 0.05) is 37.6 Å². The number of nitrogens with one attached hydrogen (secondary N) is 1. The van der Waals surface area contributed by atoms with Crippen molar-refractivity contribution in [2.24, 2.45) is 5.41 Å². The zero-order chi connectivity index (χ0) is 20.3. The smallest absolute Gasteiger partial charge is 0.239 e. The van der Waals surface area contributed by atoms with Gasteiger partial charge in [0.1, 0.15) is 11.2 Å². The molecule has 28 heavy (non-hydrogen) atoms. The van der Waals surface area contributed by atoms with Crippen LogP contribution in [0.4, 0.5) is 15.8 Å². The number of benzene rings is 2. The Morgan fingerprint density at radius 3 is 2.25 bits per heavy atom. The maximum Gasteiger partial charge on any atom is 0.239 e. The molecule has 148 valence electrons. The highest BCUT2D eigenvalue weighted by molar-refractivity contribution is 6.09. The molecule has 2 aromatic carbocycles. The van der Waals surface area contributed by atoms with Crippen LogP contribution in [0.15, 0.2) is 48.5 Å². The summed E-state index contributed by atoms with van der Waals surface area (Å²) in [7, 11) is 0. The van der Waals surface area contributed by atoms with E-state index in [1.165, 1.54) is 29.8 Å². The van der Waals surface area contributed by atoms with Crippen molar-refractivity contribution >= 4 is 23.2 Å². The third-order valence-corrected chi connectivity index (χ3v) is 5.14. The normalized spacial score (nSPS) is 14.7. The molecule has 3 rings (SSSR count). The number of aryl methyl sites for hydroxylation is 1. The van der Waals surface area contributed by atoms with Gasteiger partial charge in [0.25, 0.3) is 0 Å². The number of hydrogen-bond donors (Lipinski definition) is 1. The van der Waals surface area contributed by atoms with Crippen LogP contribution < -0.4 is 10.2 Å². The van der Waals surface area contributed by atoms with Gasteiger partial charge < -0.3 is 15.1 Å². The molecule has 1 heterocycles. The van der Waals surface area contributed by atoms with E-state index in [0.29, 0.717) is 18.8 Å². The van der Waals surface area contributed by atoms with Crippen molar-refractivity contribution in [2.75, 3.05) is 36.4 Å². The quantitative estimate of drug-likeness (QED) is 0.823. The number of piperazine rings is 1. The predicted molar refractivity (Wildman–Crippen MR) is 109 cm³/mol. The molecule has 1 N–H and O–H groups in total. The maximum absolute atomic E-state index is 13.0. The highest BCUT2D eigenvalue weighted by atomic mass is 19.1. The molecular weight excluding hydrogens is 357 g/mol. The molecule has 1 saturated heterocycles. The standard InChI is InChI=1S/C22H26FN3O2/c1-16-5-4-6-19(15-16)25-11-13-26(14-12-25)21(28)22(2,3)20(27)24-18-9-7-17(23)8-10-18/h4-10,15H,11-14H2,1-3H3,(H,24,27). The molecule has 0 atom stereocenters. The summed E-state index contributed by atoms with van der Waals surface area (Å²) in [6.07, 6.45) is 0. The van der Waals surface area contributed by atoms with Crippen LogP contribution >= 0.6 is 0 Å². The molecule has 2 aromatic rings. The summed E-state index contributed by atoms with van der Waals surface area (Å²) in [6, 6.07) is 13.8. The molecule has 0 saturated carbocycles. The molecule has 6 heteroatoms. The van der Waals surface area contributed by atoms with E-state index >= 15 is 0 Å². The van der Waals surface area contributed by atoms with Gasteiger partial charge in [-0.2, -0.15) is 0 Å². The summed E-state index contributed by atoms with van der Waals surface area (Å²) >= 11 is 0. The fourth-order valence-corrected chi connectivity index (χ4v) is 3.31. The van der Waals surface area contributed by atoms with Crippen LogP contribution in [-0.4, -0.2) is 42.9 Å². The Bertz CT molecular complexity index is 856. The zero-order valence-corrected chi connectivity index (χ0v) is 16.5. The van der Waals surface area contributed by atoms with Crippen molar-refractivity contribution in [2.45, 2.75) is 20.8 Å². The second-order valence-electron chi connectivity index (χ2n) is 7.70. The number of carbonyl (C=O) groups is 2. The second kappa shape index (κ2) is 8.00. The van der Waals surface area contributed by atoms with E-state index in [1.807, 2.05) is 6.07 Å². The average molecular weight is 383 g/mol. The Balaban J connectivity index is 1.61. The first-order valence-electron chi connectivity index (χ1n) is 9.45. The summed E-state index contributed by atoms with van der Waals surface area (Å²) in [5.41, 5.74) is 1.62. The molecule has 0 spiro atoms. The first kappa shape index (κ1) is 19.9. The van der Waals surface area contributed by atoms with Gasteiger partial charge in [-0.15, -0.1) is 0 Å². The Labute approximate surface area is 165 Å². The lowest BCUT2D eigenvalue weighted by Crippen LogP contribution is -2.54. The van der Waals surface area contributed by atoms with Crippen molar-refractivity contribution < 1.29 is 14.0 Å². The van der Waals surface area contributed by atoms with Crippen LogP contribution in [0, 0.1) is 18.2 Å². The fraction of sp³-hybridized carbons (Fsp3) is 0.364. The number of carbonyl (C=O) groups excluding carboxylic acids is 2. The fourth-order valence-electron chi connectivity index (χ4n) is 3.31. The first-order chi connectivity index (χ1) is 13.3. The van der Waals surface area contributed by atoms with Crippen LogP contribution in [-0.2, 0) is 9.59 Å². The number of rotatable bonds is 4. The van der Waals surface area contributed by atoms with Gasteiger partial charge in [0.15, 0.2) is 0 Å². The highest BCUT2D eigenvalue weighted by Crippen LogP contribution is 2.24. The SMILES string of the molecule is Cc1cccc(N2CCN(C(=O)C(C)(C)C(=O)Nc3ccc(F)cc3)CC2)c1. The van der Waals surface area contributed by atoms with Gasteiger partial charge in [-0.25, -0.2) is 4.39 Å². The number of anilines is 2. The van der Waals surface area contributed by atoms with Crippen molar-refractivity contribution in [3.8, 4) is 0 Å². The molecule has 2 amide bonds. The topological polar surface area (TPSA) is 52.7 Å². The van der Waals surface area contributed by atoms with Crippen molar-refractivity contribution in [3.63, 3.8) is 0 Å². The van der Waals surface area contributed by atoms with E-state index in [2.05, 4.69) is 35.3 Å². The van der Waals surface area contributed by atoms with E-state index in [0.717, 1.165) is 18.8 Å². The lowest BCUT2D eigenvalue weighted by atomic mass is 9.89. The van der Waals surface area contributed by atoms with Crippen molar-refractivity contribution in [1.29, 1.82) is 0 Å². The Morgan fingerprint density at radius 2 is 1.64 bits per heavy atom. The molecule has 0 aliphatic carbocycles. The molecule has 0 aromatic heterocycles. The largest absolute Gasteiger partial charge is 0.368 e. The summed E-state index contributed by atoms with van der Waals surface area (Å²) in [6.45, 7) is 7.91. The van der Waals surface area contributed by atoms with Gasteiger partial charge in [0.05, 0.1) is 0 Å². The third-order valence-electron chi connectivity index (χ3n) is 5.14. The van der Waals surface area contributed by atoms with E-state index < -0.39 is 11.3 Å². The summed E-state index contributed by atoms with van der Waals surface area (Å²) in [4.78, 5) is 29.7. The van der Waals surface area contributed by atoms with E-state index in [4.69, 9.17) is 0 Å². The highest BCUT2D eigenvalue weighted by Gasteiger charge is 2.40. The van der Waals surface area contributed by atoms with Crippen LogP contribution in [0.2, 0.25) is 0 Å². The molecule has 1 aliphatic rings. The Morgan fingerprint density at radius 1 is 1.00 bits per heavy atom. The number of nitrogens with zero attached hydrogens (tertiary/aromatic N) is 2. The third kappa shape index (κ3) is 4.32. The van der Waals surface area contributed by atoms with E-state index in [-0.39, 0.29) is 11.7 Å². The van der Waals surface area contributed by atoms with Gasteiger partial charge in [-0.3, -0.25) is 9.59 Å². The van der Waals surface area contributed by atoms with Crippen LogP contribution in [0.25, 0.3) is 0 Å². The number of amides is 2. The lowest BCUT2D eigenvalue weighted by Gasteiger charge is -2.39. The molecule has 1 fully saturated rings. The zero-order valence-electron chi connectivity index (χ0n) is 16.5. The predicted octanol–water partition coefficient (Wildman–Crippen LogP) is 3.45. The van der Waals surface area contributed by atoms with Gasteiger partial charge in [-0.1, -0.05) is 12.1 Å². The molecule has 0 radical (unpaired) electrons. The minimum Gasteiger partial charge on any atom is -0.368 e. The minimum absolute atomic E-state index is 0.198. The monoisotopic (exact) mass is 383 g/mol. The minimum atomic E-state index is -1.21. The molecule has 0 bridgehead atoms. The maximum atomic E-state index is 13.0. The van der Waals surface area contributed by atoms with Crippen LogP contribution in [0.1, 0.15) is 19.4 Å². The molecule has 0 unspecified atom stereocenters. The number of hydrogen-bond acceptors (Lipinski definition) is 3.